The summed E-state index contributed by atoms with van der Waals surface area (Å²) in [6, 6.07) is 14.9. The lowest BCUT2D eigenvalue weighted by Gasteiger charge is -2.08. The molecule has 0 saturated heterocycles. The highest BCUT2D eigenvalue weighted by Gasteiger charge is 2.15. The maximum absolute atomic E-state index is 12.2. The molecule has 0 saturated carbocycles. The van der Waals surface area contributed by atoms with E-state index in [0.29, 0.717) is 29.4 Å². The molecule has 1 amide bonds. The molecular formula is C21H23N3O3. The smallest absolute Gasteiger partial charge is 0.260 e. The van der Waals surface area contributed by atoms with E-state index in [4.69, 9.17) is 9.26 Å². The molecule has 2 aromatic carbocycles. The number of hydrogen-bond donors (Lipinski definition) is 1. The van der Waals surface area contributed by atoms with Crippen molar-refractivity contribution in [3.8, 4) is 28.6 Å². The molecule has 6 nitrogen and oxygen atoms in total. The number of rotatable bonds is 8. The van der Waals surface area contributed by atoms with Crippen LogP contribution in [-0.2, 0) is 4.79 Å². The van der Waals surface area contributed by atoms with E-state index in [0.717, 1.165) is 30.6 Å². The lowest BCUT2D eigenvalue weighted by molar-refractivity contribution is -0.116. The van der Waals surface area contributed by atoms with Crippen LogP contribution in [0.2, 0.25) is 0 Å². The van der Waals surface area contributed by atoms with Crippen LogP contribution in [0, 0.1) is 0 Å². The second-order valence-corrected chi connectivity index (χ2v) is 6.20. The Morgan fingerprint density at radius 2 is 1.89 bits per heavy atom. The number of amides is 1. The van der Waals surface area contributed by atoms with Gasteiger partial charge < -0.3 is 14.6 Å². The zero-order valence-electron chi connectivity index (χ0n) is 15.6. The highest BCUT2D eigenvalue weighted by molar-refractivity contribution is 5.94. The van der Waals surface area contributed by atoms with Gasteiger partial charge in [-0.05, 0) is 42.8 Å². The Bertz CT molecular complexity index is 888. The van der Waals surface area contributed by atoms with Crippen molar-refractivity contribution < 1.29 is 14.1 Å². The third kappa shape index (κ3) is 4.73. The zero-order valence-corrected chi connectivity index (χ0v) is 15.6. The second-order valence-electron chi connectivity index (χ2n) is 6.20. The fourth-order valence-corrected chi connectivity index (χ4v) is 2.72. The minimum atomic E-state index is -0.00852. The Labute approximate surface area is 158 Å². The molecule has 0 radical (unpaired) electrons. The van der Waals surface area contributed by atoms with Crippen molar-refractivity contribution in [3.05, 3.63) is 48.5 Å². The standard InChI is InChI=1S/C21H23N3O3/c1-3-4-5-10-19(25)22-18-9-7-6-8-17(18)21-23-20(24-27-21)15-11-13-16(26-2)14-12-15/h6-9,11-14H,3-5,10H2,1-2H3,(H,22,25). The van der Waals surface area contributed by atoms with Crippen molar-refractivity contribution in [1.82, 2.24) is 10.1 Å². The van der Waals surface area contributed by atoms with Crippen LogP contribution in [0.25, 0.3) is 22.8 Å². The highest BCUT2D eigenvalue weighted by atomic mass is 16.5. The topological polar surface area (TPSA) is 77.2 Å². The van der Waals surface area contributed by atoms with Gasteiger partial charge in [0.15, 0.2) is 0 Å². The maximum atomic E-state index is 12.2. The molecule has 6 heteroatoms. The van der Waals surface area contributed by atoms with Crippen LogP contribution in [0.5, 0.6) is 5.75 Å². The largest absolute Gasteiger partial charge is 0.497 e. The first kappa shape index (κ1) is 18.6. The van der Waals surface area contributed by atoms with Gasteiger partial charge in [0.25, 0.3) is 5.89 Å². The molecular weight excluding hydrogens is 342 g/mol. The normalized spacial score (nSPS) is 10.6. The van der Waals surface area contributed by atoms with Crippen LogP contribution >= 0.6 is 0 Å². The number of carbonyl (C=O) groups is 1. The lowest BCUT2D eigenvalue weighted by atomic mass is 10.1. The quantitative estimate of drug-likeness (QED) is 0.573. The molecule has 3 aromatic rings. The van der Waals surface area contributed by atoms with E-state index in [2.05, 4.69) is 22.4 Å². The summed E-state index contributed by atoms with van der Waals surface area (Å²) >= 11 is 0. The molecule has 0 spiro atoms. The van der Waals surface area contributed by atoms with Crippen LogP contribution in [0.15, 0.2) is 53.1 Å². The van der Waals surface area contributed by atoms with Crippen LogP contribution < -0.4 is 10.1 Å². The molecule has 27 heavy (non-hydrogen) atoms. The molecule has 0 atom stereocenters. The molecule has 1 N–H and O–H groups in total. The molecule has 140 valence electrons. The molecule has 0 aliphatic heterocycles. The number of nitrogens with zero attached hydrogens (tertiary/aromatic N) is 2. The van der Waals surface area contributed by atoms with Gasteiger partial charge in [-0.1, -0.05) is 37.1 Å². The molecule has 0 aliphatic rings. The average Bonchev–Trinajstić information content (AvgIpc) is 3.19. The number of carbonyl (C=O) groups excluding carboxylic acids is 1. The lowest BCUT2D eigenvalue weighted by Crippen LogP contribution is -2.11. The Morgan fingerprint density at radius 1 is 1.11 bits per heavy atom. The van der Waals surface area contributed by atoms with Crippen molar-refractivity contribution in [1.29, 1.82) is 0 Å². The van der Waals surface area contributed by atoms with Crippen molar-refractivity contribution in [2.24, 2.45) is 0 Å². The number of aromatic nitrogens is 2. The van der Waals surface area contributed by atoms with E-state index in [-0.39, 0.29) is 5.91 Å². The summed E-state index contributed by atoms with van der Waals surface area (Å²) in [5.74, 6) is 1.60. The third-order valence-corrected chi connectivity index (χ3v) is 4.21. The first-order valence-corrected chi connectivity index (χ1v) is 9.08. The number of para-hydroxylation sites is 1. The molecule has 1 aromatic heterocycles. The number of ether oxygens (including phenoxy) is 1. The van der Waals surface area contributed by atoms with E-state index in [1.165, 1.54) is 0 Å². The first-order chi connectivity index (χ1) is 13.2. The predicted molar refractivity (Wildman–Crippen MR) is 104 cm³/mol. The van der Waals surface area contributed by atoms with E-state index >= 15 is 0 Å². The monoisotopic (exact) mass is 365 g/mol. The third-order valence-electron chi connectivity index (χ3n) is 4.21. The van der Waals surface area contributed by atoms with Gasteiger partial charge in [-0.2, -0.15) is 4.98 Å². The highest BCUT2D eigenvalue weighted by Crippen LogP contribution is 2.29. The summed E-state index contributed by atoms with van der Waals surface area (Å²) in [6.07, 6.45) is 3.51. The summed E-state index contributed by atoms with van der Waals surface area (Å²) in [5, 5.41) is 7.01. The molecule has 0 aliphatic carbocycles. The summed E-state index contributed by atoms with van der Waals surface area (Å²) in [5.41, 5.74) is 2.20. The molecule has 1 heterocycles. The van der Waals surface area contributed by atoms with Crippen LogP contribution in [-0.4, -0.2) is 23.2 Å². The van der Waals surface area contributed by atoms with Crippen LogP contribution in [0.3, 0.4) is 0 Å². The number of methoxy groups -OCH3 is 1. The second kappa shape index (κ2) is 8.98. The predicted octanol–water partition coefficient (Wildman–Crippen LogP) is 4.93. The molecule has 0 unspecified atom stereocenters. The van der Waals surface area contributed by atoms with Gasteiger partial charge in [0, 0.05) is 12.0 Å². The summed E-state index contributed by atoms with van der Waals surface area (Å²) in [6.45, 7) is 2.11. The maximum Gasteiger partial charge on any atom is 0.260 e. The number of unbranched alkanes of at least 4 members (excludes halogenated alkanes) is 2. The average molecular weight is 365 g/mol. The van der Waals surface area contributed by atoms with Crippen molar-refractivity contribution >= 4 is 11.6 Å². The Kier molecular flexibility index (Phi) is 6.20. The summed E-state index contributed by atoms with van der Waals surface area (Å²) in [4.78, 5) is 16.6. The number of anilines is 1. The minimum Gasteiger partial charge on any atom is -0.497 e. The van der Waals surface area contributed by atoms with Gasteiger partial charge >= 0.3 is 0 Å². The summed E-state index contributed by atoms with van der Waals surface area (Å²) < 4.78 is 10.6. The molecule has 0 fully saturated rings. The van der Waals surface area contributed by atoms with Crippen molar-refractivity contribution in [2.75, 3.05) is 12.4 Å². The molecule has 0 bridgehead atoms. The molecule has 3 rings (SSSR count). The fourth-order valence-electron chi connectivity index (χ4n) is 2.72. The van der Waals surface area contributed by atoms with Crippen molar-refractivity contribution in [3.63, 3.8) is 0 Å². The minimum absolute atomic E-state index is 0.00852. The van der Waals surface area contributed by atoms with E-state index in [9.17, 15) is 4.79 Å². The number of benzene rings is 2. The van der Waals surface area contributed by atoms with Gasteiger partial charge in [-0.25, -0.2) is 0 Å². The van der Waals surface area contributed by atoms with E-state index in [1.54, 1.807) is 7.11 Å². The number of nitrogens with one attached hydrogen (secondary N) is 1. The Morgan fingerprint density at radius 3 is 2.63 bits per heavy atom. The number of hydrogen-bond acceptors (Lipinski definition) is 5. The van der Waals surface area contributed by atoms with E-state index in [1.807, 2.05) is 48.5 Å². The van der Waals surface area contributed by atoms with Gasteiger partial charge in [0.05, 0.1) is 18.4 Å². The zero-order chi connectivity index (χ0) is 19.1. The van der Waals surface area contributed by atoms with Crippen LogP contribution in [0.1, 0.15) is 32.6 Å². The summed E-state index contributed by atoms with van der Waals surface area (Å²) in [7, 11) is 1.62. The van der Waals surface area contributed by atoms with Crippen molar-refractivity contribution in [2.45, 2.75) is 32.6 Å². The SMILES string of the molecule is CCCCCC(=O)Nc1ccccc1-c1nc(-c2ccc(OC)cc2)no1. The first-order valence-electron chi connectivity index (χ1n) is 9.08. The Hall–Kier alpha value is -3.15. The van der Waals surface area contributed by atoms with Crippen LogP contribution in [0.4, 0.5) is 5.69 Å². The Balaban J connectivity index is 1.78. The van der Waals surface area contributed by atoms with Gasteiger partial charge in [0.2, 0.25) is 11.7 Å². The van der Waals surface area contributed by atoms with Gasteiger partial charge in [0.1, 0.15) is 5.75 Å². The van der Waals surface area contributed by atoms with Gasteiger partial charge in [-0.15, -0.1) is 0 Å². The van der Waals surface area contributed by atoms with Gasteiger partial charge in [-0.3, -0.25) is 4.79 Å². The fraction of sp³-hybridized carbons (Fsp3) is 0.286. The van der Waals surface area contributed by atoms with E-state index < -0.39 is 0 Å².